The highest BCUT2D eigenvalue weighted by atomic mass is 16.3. The summed E-state index contributed by atoms with van der Waals surface area (Å²) < 4.78 is 0. The highest BCUT2D eigenvalue weighted by molar-refractivity contribution is 5.81. The highest BCUT2D eigenvalue weighted by Gasteiger charge is 2.21. The van der Waals surface area contributed by atoms with E-state index in [0.717, 1.165) is 23.0 Å². The summed E-state index contributed by atoms with van der Waals surface area (Å²) in [7, 11) is 0. The zero-order valence-corrected chi connectivity index (χ0v) is 10.8. The molecule has 0 atom stereocenters. The number of aromatic nitrogens is 1. The zero-order chi connectivity index (χ0) is 12.5. The van der Waals surface area contributed by atoms with Crippen LogP contribution in [0.4, 0.5) is 0 Å². The average Bonchev–Trinajstić information content (AvgIpc) is 2.91. The molecule has 1 fully saturated rings. The maximum atomic E-state index is 10.2. The Bertz CT molecular complexity index is 571. The van der Waals surface area contributed by atoms with E-state index in [2.05, 4.69) is 30.1 Å². The molecule has 1 N–H and O–H groups in total. The van der Waals surface area contributed by atoms with E-state index in [1.807, 2.05) is 6.07 Å². The Kier molecular flexibility index (Phi) is 2.94. The van der Waals surface area contributed by atoms with Gasteiger partial charge in [-0.15, -0.1) is 0 Å². The Labute approximate surface area is 108 Å². The van der Waals surface area contributed by atoms with E-state index in [0.29, 0.717) is 11.7 Å². The Hall–Kier alpha value is -1.57. The van der Waals surface area contributed by atoms with E-state index < -0.39 is 0 Å². The second-order valence-corrected chi connectivity index (χ2v) is 5.25. The minimum Gasteiger partial charge on any atom is -0.506 e. The first-order valence-electron chi connectivity index (χ1n) is 6.90. The molecule has 0 aliphatic heterocycles. The van der Waals surface area contributed by atoms with Crippen molar-refractivity contribution in [2.24, 2.45) is 0 Å². The summed E-state index contributed by atoms with van der Waals surface area (Å²) >= 11 is 0. The van der Waals surface area contributed by atoms with Gasteiger partial charge in [0.1, 0.15) is 5.75 Å². The summed E-state index contributed by atoms with van der Waals surface area (Å²) in [6.45, 7) is 2.14. The molecule has 1 saturated carbocycles. The second kappa shape index (κ2) is 4.60. The summed E-state index contributed by atoms with van der Waals surface area (Å²) in [5.41, 5.74) is 3.20. The van der Waals surface area contributed by atoms with Crippen molar-refractivity contribution in [1.82, 2.24) is 4.98 Å². The first-order chi connectivity index (χ1) is 8.78. The van der Waals surface area contributed by atoms with Gasteiger partial charge in [-0.1, -0.05) is 25.8 Å². The van der Waals surface area contributed by atoms with Gasteiger partial charge in [-0.2, -0.15) is 0 Å². The molecule has 18 heavy (non-hydrogen) atoms. The molecular weight excluding hydrogens is 222 g/mol. The molecule has 0 bridgehead atoms. The highest BCUT2D eigenvalue weighted by Crippen LogP contribution is 2.38. The lowest BCUT2D eigenvalue weighted by Crippen LogP contribution is -1.97. The van der Waals surface area contributed by atoms with Gasteiger partial charge in [0.05, 0.1) is 11.2 Å². The predicted octanol–water partition coefficient (Wildman–Crippen LogP) is 4.16. The molecule has 1 aromatic carbocycles. The Morgan fingerprint density at radius 1 is 1.22 bits per heavy atom. The van der Waals surface area contributed by atoms with Crippen LogP contribution in [0.15, 0.2) is 24.3 Å². The molecule has 2 heteroatoms. The number of hydrogen-bond donors (Lipinski definition) is 1. The van der Waals surface area contributed by atoms with Gasteiger partial charge in [-0.25, -0.2) is 4.98 Å². The van der Waals surface area contributed by atoms with Gasteiger partial charge >= 0.3 is 0 Å². The molecular formula is C16H19NO. The van der Waals surface area contributed by atoms with Crippen molar-refractivity contribution in [2.45, 2.75) is 44.9 Å². The smallest absolute Gasteiger partial charge is 0.138 e. The van der Waals surface area contributed by atoms with Crippen molar-refractivity contribution in [3.8, 4) is 5.75 Å². The first kappa shape index (κ1) is 11.5. The topological polar surface area (TPSA) is 33.1 Å². The van der Waals surface area contributed by atoms with Crippen LogP contribution in [0.5, 0.6) is 5.75 Å². The molecule has 94 valence electrons. The molecule has 0 amide bonds. The van der Waals surface area contributed by atoms with Crippen LogP contribution in [0.3, 0.4) is 0 Å². The molecule has 0 spiro atoms. The third-order valence-corrected chi connectivity index (χ3v) is 4.04. The third-order valence-electron chi connectivity index (χ3n) is 4.04. The lowest BCUT2D eigenvalue weighted by molar-refractivity contribution is 0.457. The van der Waals surface area contributed by atoms with Crippen LogP contribution in [-0.2, 0) is 6.42 Å². The standard InChI is InChI=1S/C16H19NO/c1-2-11-7-8-14-13(9-11)10-15(18)16(17-14)12-5-3-4-6-12/h7-10,12,18H,2-6H2,1H3. The van der Waals surface area contributed by atoms with Gasteiger partial charge in [0.25, 0.3) is 0 Å². The summed E-state index contributed by atoms with van der Waals surface area (Å²) in [5, 5.41) is 11.2. The van der Waals surface area contributed by atoms with E-state index in [1.54, 1.807) is 0 Å². The van der Waals surface area contributed by atoms with Crippen LogP contribution in [0.25, 0.3) is 10.9 Å². The number of nitrogens with zero attached hydrogens (tertiary/aromatic N) is 1. The number of benzene rings is 1. The van der Waals surface area contributed by atoms with Crippen LogP contribution in [-0.4, -0.2) is 10.1 Å². The van der Waals surface area contributed by atoms with Crippen LogP contribution >= 0.6 is 0 Å². The van der Waals surface area contributed by atoms with Crippen LogP contribution in [0.2, 0.25) is 0 Å². The van der Waals surface area contributed by atoms with Gasteiger partial charge in [-0.3, -0.25) is 0 Å². The summed E-state index contributed by atoms with van der Waals surface area (Å²) in [4.78, 5) is 4.68. The van der Waals surface area contributed by atoms with E-state index in [1.165, 1.54) is 31.2 Å². The molecule has 2 nitrogen and oxygen atoms in total. The van der Waals surface area contributed by atoms with Crippen molar-refractivity contribution >= 4 is 10.9 Å². The predicted molar refractivity (Wildman–Crippen MR) is 74.0 cm³/mol. The number of aromatic hydroxyl groups is 1. The quantitative estimate of drug-likeness (QED) is 0.856. The lowest BCUT2D eigenvalue weighted by Gasteiger charge is -2.12. The molecule has 1 aliphatic carbocycles. The number of fused-ring (bicyclic) bond motifs is 1. The van der Waals surface area contributed by atoms with Crippen molar-refractivity contribution in [3.63, 3.8) is 0 Å². The molecule has 1 heterocycles. The van der Waals surface area contributed by atoms with Crippen LogP contribution in [0, 0.1) is 0 Å². The number of rotatable bonds is 2. The third kappa shape index (κ3) is 1.96. The Balaban J connectivity index is 2.09. The van der Waals surface area contributed by atoms with Gasteiger partial charge < -0.3 is 5.11 Å². The van der Waals surface area contributed by atoms with Crippen molar-refractivity contribution in [2.75, 3.05) is 0 Å². The molecule has 1 aliphatic rings. The molecule has 1 aromatic heterocycles. The summed E-state index contributed by atoms with van der Waals surface area (Å²) in [6.07, 6.45) is 5.87. The maximum Gasteiger partial charge on any atom is 0.138 e. The number of pyridine rings is 1. The number of hydrogen-bond acceptors (Lipinski definition) is 2. The van der Waals surface area contributed by atoms with E-state index in [-0.39, 0.29) is 0 Å². The van der Waals surface area contributed by atoms with Crippen molar-refractivity contribution in [3.05, 3.63) is 35.5 Å². The fourth-order valence-electron chi connectivity index (χ4n) is 2.95. The summed E-state index contributed by atoms with van der Waals surface area (Å²) in [5.74, 6) is 0.836. The van der Waals surface area contributed by atoms with E-state index in [4.69, 9.17) is 0 Å². The average molecular weight is 241 g/mol. The SMILES string of the molecule is CCc1ccc2nc(C3CCCC3)c(O)cc2c1. The van der Waals surface area contributed by atoms with E-state index >= 15 is 0 Å². The fraction of sp³-hybridized carbons (Fsp3) is 0.438. The van der Waals surface area contributed by atoms with Gasteiger partial charge in [-0.05, 0) is 43.0 Å². The monoisotopic (exact) mass is 241 g/mol. The zero-order valence-electron chi connectivity index (χ0n) is 10.8. The minimum absolute atomic E-state index is 0.377. The van der Waals surface area contributed by atoms with E-state index in [9.17, 15) is 5.11 Å². The van der Waals surface area contributed by atoms with Gasteiger partial charge in [0.15, 0.2) is 0 Å². The number of aryl methyl sites for hydroxylation is 1. The minimum atomic E-state index is 0.377. The van der Waals surface area contributed by atoms with Gasteiger partial charge in [0.2, 0.25) is 0 Å². The fourth-order valence-corrected chi connectivity index (χ4v) is 2.95. The van der Waals surface area contributed by atoms with Crippen LogP contribution < -0.4 is 0 Å². The van der Waals surface area contributed by atoms with Crippen molar-refractivity contribution in [1.29, 1.82) is 0 Å². The van der Waals surface area contributed by atoms with Crippen molar-refractivity contribution < 1.29 is 5.11 Å². The maximum absolute atomic E-state index is 10.2. The molecule has 0 unspecified atom stereocenters. The van der Waals surface area contributed by atoms with Gasteiger partial charge in [0, 0.05) is 11.3 Å². The molecule has 3 rings (SSSR count). The largest absolute Gasteiger partial charge is 0.506 e. The normalized spacial score (nSPS) is 16.5. The lowest BCUT2D eigenvalue weighted by atomic mass is 10.0. The Morgan fingerprint density at radius 2 is 2.00 bits per heavy atom. The molecule has 2 aromatic rings. The molecule has 0 radical (unpaired) electrons. The first-order valence-corrected chi connectivity index (χ1v) is 6.90. The second-order valence-electron chi connectivity index (χ2n) is 5.25. The summed E-state index contributed by atoms with van der Waals surface area (Å²) in [6, 6.07) is 8.21. The Morgan fingerprint density at radius 3 is 2.72 bits per heavy atom. The molecule has 0 saturated heterocycles. The van der Waals surface area contributed by atoms with Crippen LogP contribution in [0.1, 0.15) is 49.8 Å².